The second kappa shape index (κ2) is 6.19. The Balaban J connectivity index is 2.05. The largest absolute Gasteiger partial charge is 0.506 e. The lowest BCUT2D eigenvalue weighted by Crippen LogP contribution is -1.98. The van der Waals surface area contributed by atoms with Gasteiger partial charge < -0.3 is 14.6 Å². The Morgan fingerprint density at radius 2 is 2.04 bits per heavy atom. The molecule has 1 aliphatic heterocycles. The number of methoxy groups -OCH3 is 1. The summed E-state index contributed by atoms with van der Waals surface area (Å²) >= 11 is 12.6. The van der Waals surface area contributed by atoms with E-state index in [9.17, 15) is 9.90 Å². The lowest BCUT2D eigenvalue weighted by molar-refractivity contribution is 0.101. The molecule has 7 heteroatoms. The quantitative estimate of drug-likeness (QED) is 0.627. The van der Waals surface area contributed by atoms with Crippen LogP contribution in [-0.4, -0.2) is 18.0 Å². The van der Waals surface area contributed by atoms with Crippen LogP contribution in [-0.2, 0) is 0 Å². The van der Waals surface area contributed by atoms with Crippen molar-refractivity contribution >= 4 is 55.3 Å². The average Bonchev–Trinajstić information content (AvgIpc) is 2.81. The van der Waals surface area contributed by atoms with Gasteiger partial charge in [-0.2, -0.15) is 0 Å². The van der Waals surface area contributed by atoms with Crippen molar-refractivity contribution in [1.82, 2.24) is 0 Å². The number of allylic oxidation sites excluding steroid dienone is 1. The minimum Gasteiger partial charge on any atom is -0.506 e. The number of phenolic OH excluding ortho intramolecular Hbond substituents is 1. The number of ketones is 1. The van der Waals surface area contributed by atoms with Crippen LogP contribution in [0.5, 0.6) is 17.2 Å². The number of Topliss-reactive ketones (excluding diaryl/α,β-unsaturated/α-hetero) is 1. The summed E-state index contributed by atoms with van der Waals surface area (Å²) in [5.74, 6) is 0.861. The molecule has 0 unspecified atom stereocenters. The van der Waals surface area contributed by atoms with Gasteiger partial charge in [0.2, 0.25) is 5.78 Å². The molecule has 0 aliphatic carbocycles. The summed E-state index contributed by atoms with van der Waals surface area (Å²) in [7, 11) is 1.53. The van der Waals surface area contributed by atoms with E-state index in [1.807, 2.05) is 0 Å². The summed E-state index contributed by atoms with van der Waals surface area (Å²) < 4.78 is 12.2. The standard InChI is InChI=1S/C16H9Br2ClO4/c1-22-16-9(17)6-8-14(21)12(23-15(8)13(16)18)5-7-2-3-11(20)10(19)4-7/h2-6,20H,1H3/b12-5-. The number of ether oxygens (including phenoxy) is 2. The zero-order chi connectivity index (χ0) is 16.7. The van der Waals surface area contributed by atoms with Gasteiger partial charge in [-0.1, -0.05) is 17.7 Å². The molecule has 0 saturated carbocycles. The van der Waals surface area contributed by atoms with Crippen molar-refractivity contribution in [3.05, 3.63) is 55.1 Å². The first-order valence-corrected chi connectivity index (χ1v) is 8.37. The van der Waals surface area contributed by atoms with Crippen LogP contribution in [0.4, 0.5) is 0 Å². The Morgan fingerprint density at radius 3 is 2.70 bits per heavy atom. The van der Waals surface area contributed by atoms with Gasteiger partial charge in [-0.25, -0.2) is 0 Å². The van der Waals surface area contributed by atoms with E-state index in [4.69, 9.17) is 21.1 Å². The predicted octanol–water partition coefficient (Wildman–Crippen LogP) is 5.20. The van der Waals surface area contributed by atoms with Crippen LogP contribution in [0.25, 0.3) is 6.08 Å². The fourth-order valence-corrected chi connectivity index (χ4v) is 3.90. The van der Waals surface area contributed by atoms with Crippen LogP contribution in [0.1, 0.15) is 15.9 Å². The van der Waals surface area contributed by atoms with Crippen LogP contribution in [0, 0.1) is 0 Å². The molecule has 0 aromatic heterocycles. The van der Waals surface area contributed by atoms with Crippen molar-refractivity contribution < 1.29 is 19.4 Å². The first-order valence-electron chi connectivity index (χ1n) is 6.41. The third-order valence-electron chi connectivity index (χ3n) is 3.29. The lowest BCUT2D eigenvalue weighted by Gasteiger charge is -2.08. The molecule has 0 spiro atoms. The van der Waals surface area contributed by atoms with E-state index in [1.54, 1.807) is 24.3 Å². The minimum atomic E-state index is -0.242. The SMILES string of the molecule is COc1c(Br)cc2c(c1Br)O/C(=C\c1ccc(O)c(Cl)c1)C2=O. The smallest absolute Gasteiger partial charge is 0.232 e. The van der Waals surface area contributed by atoms with Crippen LogP contribution in [0.3, 0.4) is 0 Å². The zero-order valence-electron chi connectivity index (χ0n) is 11.7. The van der Waals surface area contributed by atoms with Gasteiger partial charge in [0.15, 0.2) is 17.3 Å². The van der Waals surface area contributed by atoms with Crippen LogP contribution in [0.2, 0.25) is 5.02 Å². The second-order valence-corrected chi connectivity index (χ2v) is 6.79. The van der Waals surface area contributed by atoms with Gasteiger partial charge >= 0.3 is 0 Å². The molecule has 118 valence electrons. The van der Waals surface area contributed by atoms with E-state index >= 15 is 0 Å². The molecular formula is C16H9Br2ClO4. The topological polar surface area (TPSA) is 55.8 Å². The molecule has 0 atom stereocenters. The lowest BCUT2D eigenvalue weighted by atomic mass is 10.1. The highest BCUT2D eigenvalue weighted by Crippen LogP contribution is 2.47. The Labute approximate surface area is 153 Å². The number of phenols is 1. The zero-order valence-corrected chi connectivity index (χ0v) is 15.6. The number of fused-ring (bicyclic) bond motifs is 1. The maximum absolute atomic E-state index is 12.5. The number of benzene rings is 2. The summed E-state index contributed by atoms with van der Waals surface area (Å²) in [4.78, 5) is 12.5. The maximum Gasteiger partial charge on any atom is 0.232 e. The molecule has 1 heterocycles. The summed E-state index contributed by atoms with van der Waals surface area (Å²) in [5, 5.41) is 9.65. The third kappa shape index (κ3) is 2.86. The fourth-order valence-electron chi connectivity index (χ4n) is 2.19. The number of hydrogen-bond acceptors (Lipinski definition) is 4. The summed E-state index contributed by atoms with van der Waals surface area (Å²) in [6, 6.07) is 6.30. The van der Waals surface area contributed by atoms with Gasteiger partial charge in [-0.15, -0.1) is 0 Å². The molecule has 23 heavy (non-hydrogen) atoms. The summed E-state index contributed by atoms with van der Waals surface area (Å²) in [5.41, 5.74) is 1.08. The molecule has 0 fully saturated rings. The highest BCUT2D eigenvalue weighted by Gasteiger charge is 2.32. The van der Waals surface area contributed by atoms with Crippen LogP contribution in [0.15, 0.2) is 39.0 Å². The normalized spacial score (nSPS) is 14.8. The second-order valence-electron chi connectivity index (χ2n) is 4.73. The molecule has 0 bridgehead atoms. The van der Waals surface area contributed by atoms with E-state index in [0.29, 0.717) is 31.6 Å². The molecule has 0 saturated heterocycles. The Morgan fingerprint density at radius 1 is 1.30 bits per heavy atom. The maximum atomic E-state index is 12.5. The number of aromatic hydroxyl groups is 1. The van der Waals surface area contributed by atoms with E-state index in [-0.39, 0.29) is 22.3 Å². The van der Waals surface area contributed by atoms with E-state index in [0.717, 1.165) is 0 Å². The van der Waals surface area contributed by atoms with Crippen LogP contribution >= 0.6 is 43.5 Å². The van der Waals surface area contributed by atoms with Crippen LogP contribution < -0.4 is 9.47 Å². The third-order valence-corrected chi connectivity index (χ3v) is 4.90. The highest BCUT2D eigenvalue weighted by molar-refractivity contribution is 9.11. The van der Waals surface area contributed by atoms with Gasteiger partial charge in [0.25, 0.3) is 0 Å². The van der Waals surface area contributed by atoms with Crippen molar-refractivity contribution in [3.63, 3.8) is 0 Å². The van der Waals surface area contributed by atoms with Gasteiger partial charge in [0.05, 0.1) is 22.2 Å². The number of carbonyl (C=O) groups excluding carboxylic acids is 1. The van der Waals surface area contributed by atoms with Gasteiger partial charge in [0.1, 0.15) is 10.2 Å². The van der Waals surface area contributed by atoms with E-state index in [2.05, 4.69) is 31.9 Å². The van der Waals surface area contributed by atoms with Crippen molar-refractivity contribution in [2.45, 2.75) is 0 Å². The Kier molecular flexibility index (Phi) is 4.40. The number of halogens is 3. The summed E-state index contributed by atoms with van der Waals surface area (Å²) in [6.45, 7) is 0. The fraction of sp³-hybridized carbons (Fsp3) is 0.0625. The number of rotatable bonds is 2. The van der Waals surface area contributed by atoms with Gasteiger partial charge in [0, 0.05) is 0 Å². The molecule has 2 aromatic carbocycles. The van der Waals surface area contributed by atoms with E-state index < -0.39 is 0 Å². The van der Waals surface area contributed by atoms with Crippen molar-refractivity contribution in [1.29, 1.82) is 0 Å². The number of carbonyl (C=O) groups is 1. The summed E-state index contributed by atoms with van der Waals surface area (Å²) in [6.07, 6.45) is 1.57. The molecular weight excluding hydrogens is 451 g/mol. The predicted molar refractivity (Wildman–Crippen MR) is 94.4 cm³/mol. The first kappa shape index (κ1) is 16.4. The molecule has 2 aromatic rings. The molecule has 4 nitrogen and oxygen atoms in total. The van der Waals surface area contributed by atoms with Crippen molar-refractivity contribution in [2.24, 2.45) is 0 Å². The van der Waals surface area contributed by atoms with Crippen molar-refractivity contribution in [3.8, 4) is 17.2 Å². The first-order chi connectivity index (χ1) is 10.9. The molecule has 1 N–H and O–H groups in total. The minimum absolute atomic E-state index is 0.0211. The monoisotopic (exact) mass is 458 g/mol. The average molecular weight is 461 g/mol. The number of hydrogen-bond donors (Lipinski definition) is 1. The Hall–Kier alpha value is -1.50. The highest BCUT2D eigenvalue weighted by atomic mass is 79.9. The molecule has 0 radical (unpaired) electrons. The van der Waals surface area contributed by atoms with E-state index in [1.165, 1.54) is 13.2 Å². The molecule has 1 aliphatic rings. The molecule has 3 rings (SSSR count). The van der Waals surface area contributed by atoms with Gasteiger partial charge in [-0.05, 0) is 61.7 Å². The van der Waals surface area contributed by atoms with Crippen molar-refractivity contribution in [2.75, 3.05) is 7.11 Å². The van der Waals surface area contributed by atoms with Gasteiger partial charge in [-0.3, -0.25) is 4.79 Å². The molecule has 0 amide bonds. The Bertz CT molecular complexity index is 862.